The number of hydrogen-bond donors (Lipinski definition) is 0. The van der Waals surface area contributed by atoms with E-state index in [1.807, 2.05) is 53.4 Å². The molecule has 0 fully saturated rings. The zero-order chi connectivity index (χ0) is 14.8. The predicted molar refractivity (Wildman–Crippen MR) is 82.1 cm³/mol. The summed E-state index contributed by atoms with van der Waals surface area (Å²) in [5.41, 5.74) is 1.73. The predicted octanol–water partition coefficient (Wildman–Crippen LogP) is 3.05. The van der Waals surface area contributed by atoms with Gasteiger partial charge in [-0.1, -0.05) is 18.2 Å². The first-order valence-corrected chi connectivity index (χ1v) is 7.44. The number of benzene rings is 1. The van der Waals surface area contributed by atoms with Crippen molar-refractivity contribution in [3.63, 3.8) is 0 Å². The van der Waals surface area contributed by atoms with E-state index in [1.54, 1.807) is 0 Å². The van der Waals surface area contributed by atoms with Gasteiger partial charge in [-0.05, 0) is 23.6 Å². The number of aromatic nitrogens is 2. The molecule has 1 atom stereocenters. The summed E-state index contributed by atoms with van der Waals surface area (Å²) in [7, 11) is 1.84. The summed E-state index contributed by atoms with van der Waals surface area (Å²) in [5.74, 6) is -0.428. The smallest absolute Gasteiger partial charge is 0.163 e. The van der Waals surface area contributed by atoms with Crippen LogP contribution in [0, 0.1) is 11.3 Å². The van der Waals surface area contributed by atoms with Crippen molar-refractivity contribution < 1.29 is 4.79 Å². The van der Waals surface area contributed by atoms with Gasteiger partial charge < -0.3 is 4.57 Å². The van der Waals surface area contributed by atoms with Gasteiger partial charge in [0.15, 0.2) is 11.7 Å². The van der Waals surface area contributed by atoms with Gasteiger partial charge in [-0.25, -0.2) is 4.98 Å². The summed E-state index contributed by atoms with van der Waals surface area (Å²) >= 11 is 1.53. The molecule has 0 aliphatic carbocycles. The highest BCUT2D eigenvalue weighted by molar-refractivity contribution is 7.10. The third-order valence-corrected chi connectivity index (χ3v) is 4.34. The van der Waals surface area contributed by atoms with E-state index in [0.717, 1.165) is 15.9 Å². The van der Waals surface area contributed by atoms with E-state index in [2.05, 4.69) is 11.1 Å². The van der Waals surface area contributed by atoms with Gasteiger partial charge in [0.25, 0.3) is 0 Å². The number of thiophene rings is 1. The maximum absolute atomic E-state index is 12.4. The molecule has 0 amide bonds. The normalized spacial score (nSPS) is 12.2. The Hall–Kier alpha value is -2.45. The van der Waals surface area contributed by atoms with Crippen LogP contribution in [0.1, 0.15) is 16.6 Å². The maximum atomic E-state index is 12.4. The van der Waals surface area contributed by atoms with E-state index in [0.29, 0.717) is 5.82 Å². The van der Waals surface area contributed by atoms with Crippen molar-refractivity contribution in [1.82, 2.24) is 9.55 Å². The molecule has 4 nitrogen and oxygen atoms in total. The monoisotopic (exact) mass is 295 g/mol. The molecule has 0 spiro atoms. The Morgan fingerprint density at radius 1 is 1.38 bits per heavy atom. The van der Waals surface area contributed by atoms with Crippen molar-refractivity contribution in [2.75, 3.05) is 0 Å². The highest BCUT2D eigenvalue weighted by Gasteiger charge is 2.25. The number of fused-ring (bicyclic) bond motifs is 1. The number of para-hydroxylation sites is 2. The Morgan fingerprint density at radius 2 is 2.19 bits per heavy atom. The third-order valence-electron chi connectivity index (χ3n) is 3.46. The van der Waals surface area contributed by atoms with Crippen LogP contribution in [0.25, 0.3) is 11.0 Å². The number of Topliss-reactive ketones (excluding diaryl/α,β-unsaturated/α-hetero) is 1. The highest BCUT2D eigenvalue weighted by Crippen LogP contribution is 2.23. The van der Waals surface area contributed by atoms with Gasteiger partial charge >= 0.3 is 0 Å². The SMILES string of the molecule is Cn1c([C@H](C#N)C(=O)Cc2cccs2)nc2ccccc21. The molecule has 0 saturated heterocycles. The van der Waals surface area contributed by atoms with E-state index < -0.39 is 5.92 Å². The number of rotatable bonds is 4. The molecule has 1 aromatic carbocycles. The topological polar surface area (TPSA) is 58.7 Å². The lowest BCUT2D eigenvalue weighted by molar-refractivity contribution is -0.118. The van der Waals surface area contributed by atoms with Crippen LogP contribution in [0.15, 0.2) is 41.8 Å². The number of carbonyl (C=O) groups is 1. The molecule has 5 heteroatoms. The summed E-state index contributed by atoms with van der Waals surface area (Å²) in [5, 5.41) is 11.3. The Balaban J connectivity index is 1.97. The molecule has 3 rings (SSSR count). The summed E-state index contributed by atoms with van der Waals surface area (Å²) in [6.45, 7) is 0. The highest BCUT2D eigenvalue weighted by atomic mass is 32.1. The second-order valence-electron chi connectivity index (χ2n) is 4.80. The first-order valence-electron chi connectivity index (χ1n) is 6.57. The molecule has 0 bridgehead atoms. The summed E-state index contributed by atoms with van der Waals surface area (Å²) in [6.07, 6.45) is 0.277. The Kier molecular flexibility index (Phi) is 3.55. The van der Waals surface area contributed by atoms with Crippen molar-refractivity contribution in [1.29, 1.82) is 5.26 Å². The average Bonchev–Trinajstić information content (AvgIpc) is 3.10. The number of ketones is 1. The van der Waals surface area contributed by atoms with E-state index >= 15 is 0 Å². The number of nitrogens with zero attached hydrogens (tertiary/aromatic N) is 3. The Labute approximate surface area is 126 Å². The van der Waals surface area contributed by atoms with Crippen molar-refractivity contribution in [2.45, 2.75) is 12.3 Å². The molecule has 3 aromatic rings. The lowest BCUT2D eigenvalue weighted by Crippen LogP contribution is -2.16. The zero-order valence-corrected chi connectivity index (χ0v) is 12.3. The van der Waals surface area contributed by atoms with Crippen LogP contribution in [-0.4, -0.2) is 15.3 Å². The van der Waals surface area contributed by atoms with Crippen molar-refractivity contribution in [2.24, 2.45) is 7.05 Å². The molecular formula is C16H13N3OS. The Morgan fingerprint density at radius 3 is 2.86 bits per heavy atom. The molecule has 0 N–H and O–H groups in total. The van der Waals surface area contributed by atoms with Crippen LogP contribution >= 0.6 is 11.3 Å². The molecular weight excluding hydrogens is 282 g/mol. The lowest BCUT2D eigenvalue weighted by Gasteiger charge is -2.07. The van der Waals surface area contributed by atoms with Crippen LogP contribution in [0.3, 0.4) is 0 Å². The van der Waals surface area contributed by atoms with Gasteiger partial charge in [0.05, 0.1) is 17.1 Å². The molecule has 2 aromatic heterocycles. The minimum Gasteiger partial charge on any atom is -0.330 e. The Bertz CT molecular complexity index is 827. The zero-order valence-electron chi connectivity index (χ0n) is 11.5. The largest absolute Gasteiger partial charge is 0.330 e. The molecule has 0 unspecified atom stereocenters. The summed E-state index contributed by atoms with van der Waals surface area (Å²) in [4.78, 5) is 17.8. The van der Waals surface area contributed by atoms with Gasteiger partial charge in [0.2, 0.25) is 0 Å². The molecule has 2 heterocycles. The van der Waals surface area contributed by atoms with Crippen LogP contribution < -0.4 is 0 Å². The minimum absolute atomic E-state index is 0.113. The van der Waals surface area contributed by atoms with Crippen molar-refractivity contribution in [3.8, 4) is 6.07 Å². The maximum Gasteiger partial charge on any atom is 0.163 e. The van der Waals surface area contributed by atoms with Crippen LogP contribution in [-0.2, 0) is 18.3 Å². The molecule has 0 aliphatic heterocycles. The average molecular weight is 295 g/mol. The van der Waals surface area contributed by atoms with Gasteiger partial charge in [-0.3, -0.25) is 4.79 Å². The number of nitriles is 1. The molecule has 0 saturated carbocycles. The van der Waals surface area contributed by atoms with E-state index in [1.165, 1.54) is 11.3 Å². The van der Waals surface area contributed by atoms with E-state index in [-0.39, 0.29) is 12.2 Å². The van der Waals surface area contributed by atoms with Gasteiger partial charge in [-0.2, -0.15) is 5.26 Å². The van der Waals surface area contributed by atoms with E-state index in [9.17, 15) is 10.1 Å². The molecule has 104 valence electrons. The van der Waals surface area contributed by atoms with Gasteiger partial charge in [0, 0.05) is 18.3 Å². The summed E-state index contributed by atoms with van der Waals surface area (Å²) in [6, 6.07) is 13.6. The van der Waals surface area contributed by atoms with Crippen molar-refractivity contribution in [3.05, 3.63) is 52.5 Å². The molecule has 0 aliphatic rings. The minimum atomic E-state index is -0.829. The second kappa shape index (κ2) is 5.51. The first kappa shape index (κ1) is 13.5. The third kappa shape index (κ3) is 2.46. The number of hydrogen-bond acceptors (Lipinski definition) is 4. The number of aryl methyl sites for hydroxylation is 1. The fourth-order valence-corrected chi connectivity index (χ4v) is 3.10. The van der Waals surface area contributed by atoms with E-state index in [4.69, 9.17) is 0 Å². The van der Waals surface area contributed by atoms with Crippen molar-refractivity contribution >= 4 is 28.2 Å². The fraction of sp³-hybridized carbons (Fsp3) is 0.188. The number of carbonyl (C=O) groups excluding carboxylic acids is 1. The fourth-order valence-electron chi connectivity index (χ4n) is 2.38. The van der Waals surface area contributed by atoms with Gasteiger partial charge in [0.1, 0.15) is 5.82 Å². The van der Waals surface area contributed by atoms with Crippen LogP contribution in [0.5, 0.6) is 0 Å². The molecule has 21 heavy (non-hydrogen) atoms. The second-order valence-corrected chi connectivity index (χ2v) is 5.83. The van der Waals surface area contributed by atoms with Crippen LogP contribution in [0.4, 0.5) is 0 Å². The molecule has 0 radical (unpaired) electrons. The lowest BCUT2D eigenvalue weighted by atomic mass is 10.0. The summed E-state index contributed by atoms with van der Waals surface area (Å²) < 4.78 is 1.83. The van der Waals surface area contributed by atoms with Gasteiger partial charge in [-0.15, -0.1) is 11.3 Å². The standard InChI is InChI=1S/C16H13N3OS/c1-19-14-7-3-2-6-13(14)18-16(19)12(10-17)15(20)9-11-5-4-8-21-11/h2-8,12H,9H2,1H3/t12-/m1/s1. The quantitative estimate of drug-likeness (QED) is 0.743. The number of imidazole rings is 1. The first-order chi connectivity index (χ1) is 10.2. The van der Waals surface area contributed by atoms with Crippen LogP contribution in [0.2, 0.25) is 0 Å².